The monoisotopic (exact) mass is 602 g/mol. The maximum absolute atomic E-state index is 13.1. The van der Waals surface area contributed by atoms with E-state index in [-0.39, 0.29) is 44.6 Å². The Morgan fingerprint density at radius 2 is 1.15 bits per heavy atom. The van der Waals surface area contributed by atoms with E-state index in [9.17, 15) is 19.8 Å². The summed E-state index contributed by atoms with van der Waals surface area (Å²) in [6, 6.07) is 16.0. The Balaban J connectivity index is 1.91. The van der Waals surface area contributed by atoms with Crippen LogP contribution in [0, 0.1) is 0 Å². The predicted molar refractivity (Wildman–Crippen MR) is 136 cm³/mol. The average Bonchev–Trinajstić information content (AvgIpc) is 2.80. The molecule has 0 saturated carbocycles. The van der Waals surface area contributed by atoms with Gasteiger partial charge in [-0.2, -0.15) is 0 Å². The third kappa shape index (κ3) is 3.81. The molecule has 0 atom stereocenters. The number of hydrogen-bond donors (Lipinski definition) is 2. The minimum atomic E-state index is -1.21. The Morgan fingerprint density at radius 1 is 0.706 bits per heavy atom. The van der Waals surface area contributed by atoms with E-state index in [1.807, 2.05) is 0 Å². The van der Waals surface area contributed by atoms with Crippen LogP contribution in [0.3, 0.4) is 0 Å². The Morgan fingerprint density at radius 3 is 1.59 bits per heavy atom. The van der Waals surface area contributed by atoms with Gasteiger partial charge in [0.05, 0.1) is 27.8 Å². The van der Waals surface area contributed by atoms with E-state index in [1.54, 1.807) is 60.7 Å². The van der Waals surface area contributed by atoms with Crippen LogP contribution in [0.15, 0.2) is 88.0 Å². The van der Waals surface area contributed by atoms with Crippen LogP contribution in [0.25, 0.3) is 21.9 Å². The third-order valence-corrected chi connectivity index (χ3v) is 6.77. The molecule has 170 valence electrons. The van der Waals surface area contributed by atoms with Gasteiger partial charge >= 0.3 is 11.3 Å². The van der Waals surface area contributed by atoms with Crippen molar-refractivity contribution in [2.75, 3.05) is 0 Å². The molecule has 0 bridgehead atoms. The third-order valence-electron chi connectivity index (χ3n) is 5.53. The van der Waals surface area contributed by atoms with Crippen LogP contribution in [0.2, 0.25) is 5.02 Å². The topological polar surface area (TPSA) is 101 Å². The highest BCUT2D eigenvalue weighted by Gasteiger charge is 2.32. The van der Waals surface area contributed by atoms with Crippen LogP contribution < -0.4 is 11.3 Å². The highest BCUT2D eigenvalue weighted by molar-refractivity contribution is 9.10. The molecule has 2 heterocycles. The molecule has 6 nitrogen and oxygen atoms in total. The molecule has 5 aromatic rings. The summed E-state index contributed by atoms with van der Waals surface area (Å²) in [4.78, 5) is 26.3. The SMILES string of the molecule is O=c1oc2ccc(Br)cc2c(O)c1C(c1ccc(Cl)cc1)c1c(O)c2cc(Br)ccc2oc1=O. The summed E-state index contributed by atoms with van der Waals surface area (Å²) >= 11 is 12.7. The van der Waals surface area contributed by atoms with Crippen molar-refractivity contribution in [2.45, 2.75) is 5.92 Å². The minimum absolute atomic E-state index is 0.169. The first-order chi connectivity index (χ1) is 16.2. The number of benzene rings is 3. The second kappa shape index (κ2) is 8.61. The van der Waals surface area contributed by atoms with E-state index in [0.717, 1.165) is 0 Å². The molecule has 0 unspecified atom stereocenters. The molecule has 0 spiro atoms. The largest absolute Gasteiger partial charge is 0.507 e. The van der Waals surface area contributed by atoms with Crippen molar-refractivity contribution >= 4 is 65.4 Å². The van der Waals surface area contributed by atoms with Gasteiger partial charge in [0.2, 0.25) is 0 Å². The van der Waals surface area contributed by atoms with E-state index in [4.69, 9.17) is 20.4 Å². The van der Waals surface area contributed by atoms with Gasteiger partial charge in [0.15, 0.2) is 0 Å². The van der Waals surface area contributed by atoms with Crippen molar-refractivity contribution in [3.63, 3.8) is 0 Å². The van der Waals surface area contributed by atoms with E-state index in [0.29, 0.717) is 19.5 Å². The molecule has 0 saturated heterocycles. The van der Waals surface area contributed by atoms with E-state index in [2.05, 4.69) is 31.9 Å². The van der Waals surface area contributed by atoms with E-state index in [1.165, 1.54) is 0 Å². The molecular weight excluding hydrogens is 592 g/mol. The highest BCUT2D eigenvalue weighted by Crippen LogP contribution is 2.42. The van der Waals surface area contributed by atoms with Gasteiger partial charge in [0.1, 0.15) is 22.7 Å². The lowest BCUT2D eigenvalue weighted by Crippen LogP contribution is -2.21. The number of rotatable bonds is 3. The summed E-state index contributed by atoms with van der Waals surface area (Å²) in [6.45, 7) is 0. The minimum Gasteiger partial charge on any atom is -0.507 e. The normalized spacial score (nSPS) is 11.5. The first kappa shape index (κ1) is 22.7. The Kier molecular flexibility index (Phi) is 5.75. The zero-order valence-corrected chi connectivity index (χ0v) is 20.9. The van der Waals surface area contributed by atoms with Gasteiger partial charge in [-0.05, 0) is 54.1 Å². The molecule has 0 aliphatic rings. The fraction of sp³-hybridized carbons (Fsp3) is 0.0400. The Hall–Kier alpha value is -3.07. The smallest absolute Gasteiger partial charge is 0.344 e. The Labute approximate surface area is 213 Å². The van der Waals surface area contributed by atoms with Gasteiger partial charge in [-0.3, -0.25) is 0 Å². The lowest BCUT2D eigenvalue weighted by Gasteiger charge is -2.20. The molecule has 3 aromatic carbocycles. The molecular formula is C25H13Br2ClO6. The molecule has 2 N–H and O–H groups in total. The summed E-state index contributed by atoms with van der Waals surface area (Å²) in [5, 5.41) is 23.4. The van der Waals surface area contributed by atoms with Gasteiger partial charge in [-0.15, -0.1) is 0 Å². The van der Waals surface area contributed by atoms with Crippen LogP contribution in [0.5, 0.6) is 11.5 Å². The lowest BCUT2D eigenvalue weighted by atomic mass is 9.84. The first-order valence-corrected chi connectivity index (χ1v) is 11.9. The van der Waals surface area contributed by atoms with Crippen LogP contribution in [-0.2, 0) is 0 Å². The van der Waals surface area contributed by atoms with Crippen LogP contribution in [0.1, 0.15) is 22.6 Å². The molecule has 5 rings (SSSR count). The molecule has 9 heteroatoms. The number of hydrogen-bond acceptors (Lipinski definition) is 6. The van der Waals surface area contributed by atoms with Crippen molar-refractivity contribution in [3.8, 4) is 11.5 Å². The number of halogens is 3. The summed E-state index contributed by atoms with van der Waals surface area (Å²) in [5.41, 5.74) is -1.40. The number of aromatic hydroxyl groups is 2. The van der Waals surface area contributed by atoms with Crippen molar-refractivity contribution in [3.05, 3.63) is 112 Å². The van der Waals surface area contributed by atoms with Gasteiger partial charge in [0, 0.05) is 14.0 Å². The standard InChI is InChI=1S/C25H13Br2ClO6/c26-12-3-7-17-15(9-12)22(29)20(24(31)33-17)19(11-1-5-14(28)6-2-11)21-23(30)16-10-13(27)4-8-18(16)34-25(21)32/h1-10,19,29-30H. The molecule has 0 radical (unpaired) electrons. The van der Waals surface area contributed by atoms with Crippen LogP contribution in [-0.4, -0.2) is 10.2 Å². The highest BCUT2D eigenvalue weighted by atomic mass is 79.9. The molecule has 0 amide bonds. The van der Waals surface area contributed by atoms with Gasteiger partial charge in [-0.25, -0.2) is 9.59 Å². The number of fused-ring (bicyclic) bond motifs is 2. The molecule has 34 heavy (non-hydrogen) atoms. The molecule has 0 aliphatic carbocycles. The van der Waals surface area contributed by atoms with Gasteiger partial charge in [0.25, 0.3) is 0 Å². The van der Waals surface area contributed by atoms with Crippen LogP contribution in [0.4, 0.5) is 0 Å². The second-order valence-corrected chi connectivity index (χ2v) is 9.84. The Bertz CT molecular complexity index is 1600. The van der Waals surface area contributed by atoms with E-state index < -0.39 is 17.2 Å². The zero-order chi connectivity index (χ0) is 24.1. The molecule has 2 aromatic heterocycles. The van der Waals surface area contributed by atoms with Crippen molar-refractivity contribution in [1.82, 2.24) is 0 Å². The quantitative estimate of drug-likeness (QED) is 0.223. The van der Waals surface area contributed by atoms with Crippen molar-refractivity contribution in [2.24, 2.45) is 0 Å². The molecule has 0 fully saturated rings. The fourth-order valence-electron chi connectivity index (χ4n) is 3.99. The van der Waals surface area contributed by atoms with Gasteiger partial charge < -0.3 is 19.0 Å². The van der Waals surface area contributed by atoms with Gasteiger partial charge in [-0.1, -0.05) is 55.6 Å². The predicted octanol–water partition coefficient (Wildman–Crippen LogP) is 6.67. The summed E-state index contributed by atoms with van der Waals surface area (Å²) < 4.78 is 12.3. The summed E-state index contributed by atoms with van der Waals surface area (Å²) in [7, 11) is 0. The maximum atomic E-state index is 13.1. The maximum Gasteiger partial charge on any atom is 0.344 e. The molecule has 0 aliphatic heterocycles. The van der Waals surface area contributed by atoms with Crippen molar-refractivity contribution < 1.29 is 19.0 Å². The van der Waals surface area contributed by atoms with Crippen LogP contribution >= 0.6 is 43.5 Å². The summed E-state index contributed by atoms with van der Waals surface area (Å²) in [5.74, 6) is -1.96. The zero-order valence-electron chi connectivity index (χ0n) is 17.0. The summed E-state index contributed by atoms with van der Waals surface area (Å²) in [6.07, 6.45) is 0. The average molecular weight is 605 g/mol. The lowest BCUT2D eigenvalue weighted by molar-refractivity contribution is 0.441. The second-order valence-electron chi connectivity index (χ2n) is 7.57. The first-order valence-electron chi connectivity index (χ1n) is 9.90. The fourth-order valence-corrected chi connectivity index (χ4v) is 4.84. The van der Waals surface area contributed by atoms with Crippen molar-refractivity contribution in [1.29, 1.82) is 0 Å². The van der Waals surface area contributed by atoms with E-state index >= 15 is 0 Å².